The van der Waals surface area contributed by atoms with Gasteiger partial charge in [0.2, 0.25) is 11.8 Å². The number of carbonyl (C=O) groups excluding carboxylic acids is 2. The van der Waals surface area contributed by atoms with Crippen LogP contribution in [0.1, 0.15) is 44.1 Å². The van der Waals surface area contributed by atoms with Crippen molar-refractivity contribution in [3.05, 3.63) is 35.9 Å². The molecule has 1 saturated heterocycles. The van der Waals surface area contributed by atoms with Crippen molar-refractivity contribution in [1.29, 1.82) is 0 Å². The van der Waals surface area contributed by atoms with Gasteiger partial charge in [0, 0.05) is 12.5 Å². The van der Waals surface area contributed by atoms with Gasteiger partial charge in [0.15, 0.2) is 0 Å². The summed E-state index contributed by atoms with van der Waals surface area (Å²) in [5.41, 5.74) is 6.47. The Hall–Kier alpha value is -1.92. The Morgan fingerprint density at radius 2 is 1.81 bits per heavy atom. The van der Waals surface area contributed by atoms with Gasteiger partial charge in [0.05, 0.1) is 5.54 Å². The minimum Gasteiger partial charge on any atom is -0.351 e. The van der Waals surface area contributed by atoms with Crippen molar-refractivity contribution in [2.24, 2.45) is 5.73 Å². The second-order valence-corrected chi connectivity index (χ2v) is 7.61. The number of amides is 2. The Morgan fingerprint density at radius 3 is 2.46 bits per heavy atom. The molecule has 6 nitrogen and oxygen atoms in total. The molecule has 1 heterocycles. The van der Waals surface area contributed by atoms with E-state index in [9.17, 15) is 9.59 Å². The van der Waals surface area contributed by atoms with E-state index in [0.717, 1.165) is 44.3 Å². The lowest BCUT2D eigenvalue weighted by atomic mass is 9.96. The number of carbonyl (C=O) groups is 2. The third-order valence-corrected chi connectivity index (χ3v) is 5.54. The Balaban J connectivity index is 1.68. The van der Waals surface area contributed by atoms with Crippen LogP contribution < -0.4 is 21.7 Å². The Kier molecular flexibility index (Phi) is 6.27. The summed E-state index contributed by atoms with van der Waals surface area (Å²) in [5.74, 6) is -0.313. The minimum atomic E-state index is -0.829. The van der Waals surface area contributed by atoms with Gasteiger partial charge in [-0.05, 0) is 44.3 Å². The summed E-state index contributed by atoms with van der Waals surface area (Å²) in [6.45, 7) is 1.82. The minimum absolute atomic E-state index is 0.115. The Labute approximate surface area is 155 Å². The lowest BCUT2D eigenvalue weighted by Gasteiger charge is -2.29. The molecule has 3 rings (SSSR count). The second kappa shape index (κ2) is 8.64. The Bertz CT molecular complexity index is 607. The zero-order chi connectivity index (χ0) is 18.4. The number of hydrogen-bond acceptors (Lipinski definition) is 4. The third-order valence-electron chi connectivity index (χ3n) is 5.54. The maximum Gasteiger partial charge on any atom is 0.243 e. The highest BCUT2D eigenvalue weighted by Crippen LogP contribution is 2.27. The summed E-state index contributed by atoms with van der Waals surface area (Å²) in [5, 5.41) is 9.35. The van der Waals surface area contributed by atoms with E-state index in [2.05, 4.69) is 16.0 Å². The van der Waals surface area contributed by atoms with E-state index in [0.29, 0.717) is 19.3 Å². The summed E-state index contributed by atoms with van der Waals surface area (Å²) in [6, 6.07) is 9.36. The zero-order valence-electron chi connectivity index (χ0n) is 15.3. The molecule has 2 amide bonds. The van der Waals surface area contributed by atoms with E-state index in [1.54, 1.807) is 0 Å². The fraction of sp³-hybridized carbons (Fsp3) is 0.600. The normalized spacial score (nSPS) is 21.1. The largest absolute Gasteiger partial charge is 0.351 e. The molecule has 0 radical (unpaired) electrons. The van der Waals surface area contributed by atoms with Crippen LogP contribution in [0.15, 0.2) is 30.3 Å². The summed E-state index contributed by atoms with van der Waals surface area (Å²) in [7, 11) is 0. The Morgan fingerprint density at radius 1 is 1.15 bits per heavy atom. The quantitative estimate of drug-likeness (QED) is 0.606. The van der Waals surface area contributed by atoms with Gasteiger partial charge >= 0.3 is 0 Å². The zero-order valence-corrected chi connectivity index (χ0v) is 15.3. The molecule has 2 aliphatic rings. The van der Waals surface area contributed by atoms with E-state index in [1.165, 1.54) is 0 Å². The van der Waals surface area contributed by atoms with Crippen molar-refractivity contribution in [2.75, 3.05) is 13.1 Å². The SMILES string of the molecule is NC1(C(=O)N[C@H](Cc2ccccc2)C(=O)NC2CCNCC2)CCCC1. The fourth-order valence-corrected chi connectivity index (χ4v) is 3.86. The molecule has 1 aliphatic carbocycles. The van der Waals surface area contributed by atoms with Gasteiger partial charge in [-0.1, -0.05) is 43.2 Å². The van der Waals surface area contributed by atoms with Crippen molar-refractivity contribution in [3.8, 4) is 0 Å². The van der Waals surface area contributed by atoms with Crippen LogP contribution in [0.4, 0.5) is 0 Å². The van der Waals surface area contributed by atoms with Crippen LogP contribution in [0.5, 0.6) is 0 Å². The molecule has 142 valence electrons. The fourth-order valence-electron chi connectivity index (χ4n) is 3.86. The van der Waals surface area contributed by atoms with Gasteiger partial charge in [-0.2, -0.15) is 0 Å². The van der Waals surface area contributed by atoms with E-state index >= 15 is 0 Å². The van der Waals surface area contributed by atoms with Gasteiger partial charge < -0.3 is 21.7 Å². The maximum absolute atomic E-state index is 12.9. The highest BCUT2D eigenvalue weighted by atomic mass is 16.2. The molecular formula is C20H30N4O2. The first-order valence-corrected chi connectivity index (χ1v) is 9.72. The van der Waals surface area contributed by atoms with Crippen LogP contribution in [-0.4, -0.2) is 42.5 Å². The first-order chi connectivity index (χ1) is 12.6. The molecule has 5 N–H and O–H groups in total. The first-order valence-electron chi connectivity index (χ1n) is 9.72. The van der Waals surface area contributed by atoms with E-state index in [4.69, 9.17) is 5.73 Å². The summed E-state index contributed by atoms with van der Waals surface area (Å²) in [4.78, 5) is 25.6. The van der Waals surface area contributed by atoms with Crippen molar-refractivity contribution < 1.29 is 9.59 Å². The predicted molar refractivity (Wildman–Crippen MR) is 101 cm³/mol. The van der Waals surface area contributed by atoms with Crippen LogP contribution in [0.25, 0.3) is 0 Å². The monoisotopic (exact) mass is 358 g/mol. The molecule has 0 spiro atoms. The number of nitrogens with one attached hydrogen (secondary N) is 3. The third kappa shape index (κ3) is 4.83. The molecule has 6 heteroatoms. The summed E-state index contributed by atoms with van der Waals surface area (Å²) >= 11 is 0. The van der Waals surface area contributed by atoms with E-state index in [-0.39, 0.29) is 17.9 Å². The van der Waals surface area contributed by atoms with Crippen molar-refractivity contribution >= 4 is 11.8 Å². The van der Waals surface area contributed by atoms with Crippen LogP contribution in [0.2, 0.25) is 0 Å². The number of nitrogens with two attached hydrogens (primary N) is 1. The van der Waals surface area contributed by atoms with Gasteiger partial charge in [-0.25, -0.2) is 0 Å². The molecule has 1 aromatic rings. The maximum atomic E-state index is 12.9. The van der Waals surface area contributed by atoms with Gasteiger partial charge in [-0.3, -0.25) is 9.59 Å². The number of piperidine rings is 1. The molecule has 1 saturated carbocycles. The molecule has 0 aromatic heterocycles. The lowest BCUT2D eigenvalue weighted by Crippen LogP contribution is -2.59. The van der Waals surface area contributed by atoms with Gasteiger partial charge in [0.25, 0.3) is 0 Å². The molecule has 2 fully saturated rings. The average Bonchev–Trinajstić information content (AvgIpc) is 3.11. The van der Waals surface area contributed by atoms with Crippen molar-refractivity contribution in [1.82, 2.24) is 16.0 Å². The van der Waals surface area contributed by atoms with Crippen LogP contribution in [-0.2, 0) is 16.0 Å². The van der Waals surface area contributed by atoms with Gasteiger partial charge in [-0.15, -0.1) is 0 Å². The van der Waals surface area contributed by atoms with Crippen LogP contribution >= 0.6 is 0 Å². The molecule has 0 unspecified atom stereocenters. The van der Waals surface area contributed by atoms with Crippen molar-refractivity contribution in [2.45, 2.75) is 62.6 Å². The van der Waals surface area contributed by atoms with E-state index < -0.39 is 11.6 Å². The summed E-state index contributed by atoms with van der Waals surface area (Å²) in [6.07, 6.45) is 5.61. The average molecular weight is 358 g/mol. The molecule has 26 heavy (non-hydrogen) atoms. The number of benzene rings is 1. The molecular weight excluding hydrogens is 328 g/mol. The molecule has 1 aliphatic heterocycles. The number of hydrogen-bond donors (Lipinski definition) is 4. The molecule has 0 bridgehead atoms. The topological polar surface area (TPSA) is 96.2 Å². The highest BCUT2D eigenvalue weighted by molar-refractivity contribution is 5.92. The van der Waals surface area contributed by atoms with Crippen LogP contribution in [0, 0.1) is 0 Å². The number of rotatable bonds is 6. The van der Waals surface area contributed by atoms with Crippen LogP contribution in [0.3, 0.4) is 0 Å². The highest BCUT2D eigenvalue weighted by Gasteiger charge is 2.39. The predicted octanol–water partition coefficient (Wildman–Crippen LogP) is 0.854. The molecule has 1 aromatic carbocycles. The second-order valence-electron chi connectivity index (χ2n) is 7.61. The standard InChI is InChI=1S/C20H30N4O2/c21-20(10-4-5-11-20)19(26)24-17(14-15-6-2-1-3-7-15)18(25)23-16-8-12-22-13-9-16/h1-3,6-7,16-17,22H,4-5,8-14,21H2,(H,23,25)(H,24,26)/t17-/m1/s1. The molecule has 1 atom stereocenters. The lowest BCUT2D eigenvalue weighted by molar-refractivity contribution is -0.132. The smallest absolute Gasteiger partial charge is 0.243 e. The first kappa shape index (κ1) is 18.9. The van der Waals surface area contributed by atoms with Crippen molar-refractivity contribution in [3.63, 3.8) is 0 Å². The van der Waals surface area contributed by atoms with E-state index in [1.807, 2.05) is 30.3 Å². The van der Waals surface area contributed by atoms with Gasteiger partial charge in [0.1, 0.15) is 6.04 Å². The summed E-state index contributed by atoms with van der Waals surface area (Å²) < 4.78 is 0.